The fourth-order valence-electron chi connectivity index (χ4n) is 2.61. The normalized spacial score (nSPS) is 18.7. The molecule has 1 amide bonds. The first-order valence-corrected chi connectivity index (χ1v) is 7.86. The van der Waals surface area contributed by atoms with Gasteiger partial charge in [-0.3, -0.25) is 9.78 Å². The van der Waals surface area contributed by atoms with Crippen molar-refractivity contribution in [2.75, 3.05) is 6.61 Å². The Morgan fingerprint density at radius 1 is 1.43 bits per heavy atom. The van der Waals surface area contributed by atoms with Crippen molar-refractivity contribution in [3.05, 3.63) is 30.4 Å². The monoisotopic (exact) mass is 316 g/mol. The average Bonchev–Trinajstić information content (AvgIpc) is 3.25. The maximum Gasteiger partial charge on any atom is 0.227 e. The SMILES string of the molecule is C[C@@H](NC(=O)CCc1nc(-c2ccncc2)no1)[C@H]1CCCO1. The smallest absolute Gasteiger partial charge is 0.227 e. The zero-order valence-electron chi connectivity index (χ0n) is 13.1. The van der Waals surface area contributed by atoms with E-state index in [0.717, 1.165) is 25.0 Å². The van der Waals surface area contributed by atoms with Crippen LogP contribution in [0, 0.1) is 0 Å². The molecule has 0 radical (unpaired) electrons. The molecule has 7 nitrogen and oxygen atoms in total. The topological polar surface area (TPSA) is 90.1 Å². The highest BCUT2D eigenvalue weighted by molar-refractivity contribution is 5.76. The predicted molar refractivity (Wildman–Crippen MR) is 82.4 cm³/mol. The molecule has 1 fully saturated rings. The summed E-state index contributed by atoms with van der Waals surface area (Å²) in [7, 11) is 0. The first-order chi connectivity index (χ1) is 11.2. The molecule has 1 aliphatic heterocycles. The van der Waals surface area contributed by atoms with Crippen LogP contribution in [0.2, 0.25) is 0 Å². The van der Waals surface area contributed by atoms with E-state index in [1.54, 1.807) is 12.4 Å². The van der Waals surface area contributed by atoms with Gasteiger partial charge in [0, 0.05) is 37.4 Å². The molecule has 0 unspecified atom stereocenters. The van der Waals surface area contributed by atoms with Crippen molar-refractivity contribution >= 4 is 5.91 Å². The summed E-state index contributed by atoms with van der Waals surface area (Å²) in [5.41, 5.74) is 0.839. The lowest BCUT2D eigenvalue weighted by molar-refractivity contribution is -0.122. The van der Waals surface area contributed by atoms with Crippen LogP contribution in [0.4, 0.5) is 0 Å². The third kappa shape index (κ3) is 4.13. The van der Waals surface area contributed by atoms with E-state index < -0.39 is 0 Å². The quantitative estimate of drug-likeness (QED) is 0.873. The Kier molecular flexibility index (Phi) is 4.97. The van der Waals surface area contributed by atoms with Gasteiger partial charge in [0.1, 0.15) is 0 Å². The Hall–Kier alpha value is -2.28. The molecule has 122 valence electrons. The first kappa shape index (κ1) is 15.6. The summed E-state index contributed by atoms with van der Waals surface area (Å²) in [6.45, 7) is 2.76. The summed E-state index contributed by atoms with van der Waals surface area (Å²) in [6, 6.07) is 3.65. The van der Waals surface area contributed by atoms with Crippen molar-refractivity contribution in [3.63, 3.8) is 0 Å². The van der Waals surface area contributed by atoms with Gasteiger partial charge in [-0.05, 0) is 31.9 Å². The van der Waals surface area contributed by atoms with Crippen LogP contribution < -0.4 is 5.32 Å². The maximum absolute atomic E-state index is 12.0. The van der Waals surface area contributed by atoms with Gasteiger partial charge in [0.15, 0.2) is 0 Å². The second kappa shape index (κ2) is 7.32. The van der Waals surface area contributed by atoms with E-state index in [1.807, 2.05) is 19.1 Å². The standard InChI is InChI=1S/C16H20N4O3/c1-11(13-3-2-10-22-13)18-14(21)4-5-15-19-16(20-23-15)12-6-8-17-9-7-12/h6-9,11,13H,2-5,10H2,1H3,(H,18,21)/t11-,13-/m1/s1. The van der Waals surface area contributed by atoms with Gasteiger partial charge in [0.2, 0.25) is 17.6 Å². The molecule has 7 heteroatoms. The van der Waals surface area contributed by atoms with Crippen LogP contribution >= 0.6 is 0 Å². The molecule has 2 aromatic heterocycles. The van der Waals surface area contributed by atoms with Gasteiger partial charge < -0.3 is 14.6 Å². The number of amides is 1. The van der Waals surface area contributed by atoms with Crippen LogP contribution in [0.3, 0.4) is 0 Å². The van der Waals surface area contributed by atoms with E-state index in [2.05, 4.69) is 20.4 Å². The van der Waals surface area contributed by atoms with Crippen molar-refractivity contribution in [3.8, 4) is 11.4 Å². The third-order valence-corrected chi connectivity index (χ3v) is 3.88. The van der Waals surface area contributed by atoms with Crippen LogP contribution in [0.25, 0.3) is 11.4 Å². The van der Waals surface area contributed by atoms with E-state index in [0.29, 0.717) is 24.6 Å². The minimum atomic E-state index is -0.0309. The summed E-state index contributed by atoms with van der Waals surface area (Å²) < 4.78 is 10.8. The number of nitrogens with zero attached hydrogens (tertiary/aromatic N) is 3. The number of hydrogen-bond donors (Lipinski definition) is 1. The minimum Gasteiger partial charge on any atom is -0.376 e. The second-order valence-electron chi connectivity index (χ2n) is 5.66. The van der Waals surface area contributed by atoms with Gasteiger partial charge in [0.25, 0.3) is 0 Å². The molecule has 3 heterocycles. The largest absolute Gasteiger partial charge is 0.376 e. The number of hydrogen-bond acceptors (Lipinski definition) is 6. The van der Waals surface area contributed by atoms with Crippen LogP contribution in [0.15, 0.2) is 29.0 Å². The number of carbonyl (C=O) groups excluding carboxylic acids is 1. The average molecular weight is 316 g/mol. The van der Waals surface area contributed by atoms with E-state index in [9.17, 15) is 4.79 Å². The molecule has 1 aliphatic rings. The van der Waals surface area contributed by atoms with E-state index in [4.69, 9.17) is 9.26 Å². The zero-order valence-corrected chi connectivity index (χ0v) is 13.1. The summed E-state index contributed by atoms with van der Waals surface area (Å²) in [4.78, 5) is 20.2. The van der Waals surface area contributed by atoms with Crippen LogP contribution in [-0.4, -0.2) is 39.8 Å². The highest BCUT2D eigenvalue weighted by atomic mass is 16.5. The molecular formula is C16H20N4O3. The molecule has 2 atom stereocenters. The Balaban J connectivity index is 1.48. The molecule has 3 rings (SSSR count). The van der Waals surface area contributed by atoms with Crippen molar-refractivity contribution < 1.29 is 14.1 Å². The molecule has 2 aromatic rings. The number of rotatable bonds is 6. The summed E-state index contributed by atoms with van der Waals surface area (Å²) >= 11 is 0. The second-order valence-corrected chi connectivity index (χ2v) is 5.66. The molecule has 0 spiro atoms. The van der Waals surface area contributed by atoms with Gasteiger partial charge >= 0.3 is 0 Å². The third-order valence-electron chi connectivity index (χ3n) is 3.88. The van der Waals surface area contributed by atoms with Crippen molar-refractivity contribution in [1.82, 2.24) is 20.4 Å². The lowest BCUT2D eigenvalue weighted by atomic mass is 10.1. The Bertz CT molecular complexity index is 638. The van der Waals surface area contributed by atoms with Gasteiger partial charge in [-0.15, -0.1) is 0 Å². The van der Waals surface area contributed by atoms with Gasteiger partial charge in [-0.25, -0.2) is 0 Å². The summed E-state index contributed by atoms with van der Waals surface area (Å²) in [6.07, 6.45) is 6.26. The number of pyridine rings is 1. The molecule has 0 aromatic carbocycles. The van der Waals surface area contributed by atoms with Crippen molar-refractivity contribution in [2.45, 2.75) is 44.8 Å². The fourth-order valence-corrected chi connectivity index (χ4v) is 2.61. The first-order valence-electron chi connectivity index (χ1n) is 7.86. The van der Waals surface area contributed by atoms with Crippen LogP contribution in [0.5, 0.6) is 0 Å². The van der Waals surface area contributed by atoms with E-state index in [-0.39, 0.29) is 18.1 Å². The van der Waals surface area contributed by atoms with Crippen LogP contribution in [-0.2, 0) is 16.0 Å². The number of nitrogens with one attached hydrogen (secondary N) is 1. The van der Waals surface area contributed by atoms with Gasteiger partial charge in [0.05, 0.1) is 12.1 Å². The zero-order chi connectivity index (χ0) is 16.1. The molecule has 1 saturated heterocycles. The van der Waals surface area contributed by atoms with E-state index >= 15 is 0 Å². The van der Waals surface area contributed by atoms with Gasteiger partial charge in [-0.2, -0.15) is 4.98 Å². The predicted octanol–water partition coefficient (Wildman–Crippen LogP) is 1.75. The van der Waals surface area contributed by atoms with Crippen LogP contribution in [0.1, 0.15) is 32.1 Å². The molecule has 0 aliphatic carbocycles. The molecule has 0 saturated carbocycles. The minimum absolute atomic E-state index is 0.0278. The van der Waals surface area contributed by atoms with Gasteiger partial charge in [-0.1, -0.05) is 5.16 Å². The number of aryl methyl sites for hydroxylation is 1. The molecular weight excluding hydrogens is 296 g/mol. The lowest BCUT2D eigenvalue weighted by Crippen LogP contribution is -2.40. The van der Waals surface area contributed by atoms with Crippen molar-refractivity contribution in [1.29, 1.82) is 0 Å². The summed E-state index contributed by atoms with van der Waals surface area (Å²) in [5, 5.41) is 6.89. The number of carbonyl (C=O) groups is 1. The number of ether oxygens (including phenoxy) is 1. The Morgan fingerprint density at radius 2 is 2.26 bits per heavy atom. The molecule has 23 heavy (non-hydrogen) atoms. The molecule has 1 N–H and O–H groups in total. The summed E-state index contributed by atoms with van der Waals surface area (Å²) in [5.74, 6) is 0.934. The molecule has 0 bridgehead atoms. The lowest BCUT2D eigenvalue weighted by Gasteiger charge is -2.19. The highest BCUT2D eigenvalue weighted by Gasteiger charge is 2.23. The van der Waals surface area contributed by atoms with Crippen molar-refractivity contribution in [2.24, 2.45) is 0 Å². The van der Waals surface area contributed by atoms with E-state index in [1.165, 1.54) is 0 Å². The number of aromatic nitrogens is 3. The highest BCUT2D eigenvalue weighted by Crippen LogP contribution is 2.16. The maximum atomic E-state index is 12.0. The fraction of sp³-hybridized carbons (Fsp3) is 0.500. The Labute approximate surface area is 134 Å². The Morgan fingerprint density at radius 3 is 3.00 bits per heavy atom.